The van der Waals surface area contributed by atoms with Crippen molar-refractivity contribution in [2.45, 2.75) is 49.9 Å². The summed E-state index contributed by atoms with van der Waals surface area (Å²) in [4.78, 5) is 0. The van der Waals surface area contributed by atoms with E-state index >= 15 is 0 Å². The second-order valence-corrected chi connectivity index (χ2v) is 21.5. The Morgan fingerprint density at radius 1 is 0.286 bits per heavy atom. The van der Waals surface area contributed by atoms with Gasteiger partial charge in [-0.05, 0) is 51.9 Å². The Labute approximate surface area is 260 Å². The van der Waals surface area contributed by atoms with Gasteiger partial charge in [0.15, 0.2) is 0 Å². The molecule has 0 amide bonds. The lowest BCUT2D eigenvalue weighted by molar-refractivity contribution is 0.122. The monoisotopic (exact) mass is 682 g/mol. The maximum atomic E-state index is 5.37. The molecule has 0 aliphatic carbocycles. The van der Waals surface area contributed by atoms with Crippen LogP contribution in [0.1, 0.15) is 25.7 Å². The third-order valence-electron chi connectivity index (χ3n) is 7.08. The van der Waals surface area contributed by atoms with Gasteiger partial charge in [0.1, 0.15) is 0 Å². The molecule has 0 heterocycles. The van der Waals surface area contributed by atoms with Crippen molar-refractivity contribution >= 4 is 35.2 Å². The van der Waals surface area contributed by atoms with Crippen LogP contribution in [-0.4, -0.2) is 147 Å². The largest absolute Gasteiger partial charge is 0.500 e. The van der Waals surface area contributed by atoms with Crippen molar-refractivity contribution in [3.8, 4) is 0 Å². The van der Waals surface area contributed by atoms with Crippen LogP contribution in [0.2, 0.25) is 24.2 Å². The molecule has 0 spiro atoms. The van der Waals surface area contributed by atoms with Crippen LogP contribution in [0.4, 0.5) is 0 Å². The van der Waals surface area contributed by atoms with E-state index in [4.69, 9.17) is 53.1 Å². The molecule has 2 N–H and O–H groups in total. The Bertz CT molecular complexity index is 473. The van der Waals surface area contributed by atoms with Gasteiger partial charge in [0, 0.05) is 109 Å². The fourth-order valence-electron chi connectivity index (χ4n) is 4.19. The zero-order chi connectivity index (χ0) is 32.4. The minimum absolute atomic E-state index is 0.802. The molecule has 0 aromatic carbocycles. The molecule has 42 heavy (non-hydrogen) atoms. The Morgan fingerprint density at radius 2 is 0.429 bits per heavy atom. The predicted molar refractivity (Wildman–Crippen MR) is 171 cm³/mol. The zero-order valence-corrected chi connectivity index (χ0v) is 32.4. The average Bonchev–Trinajstić information content (AvgIpc) is 3.05. The second-order valence-electron chi connectivity index (χ2n) is 9.10. The van der Waals surface area contributed by atoms with Gasteiger partial charge in [-0.25, -0.2) is 0 Å². The number of rotatable bonds is 28. The summed E-state index contributed by atoms with van der Waals surface area (Å²) in [5.74, 6) is 0. The number of hydrogen-bond donors (Lipinski definition) is 2. The molecule has 18 heteroatoms. The molecule has 0 atom stereocenters. The summed E-state index contributed by atoms with van der Waals surface area (Å²) >= 11 is 0. The summed E-state index contributed by atoms with van der Waals surface area (Å²) in [5, 5.41) is 6.77. The number of hydrogen-bond acceptors (Lipinski definition) is 14. The molecule has 0 saturated heterocycles. The SMILES string of the molecule is CO[Si](CCCNCCC[Si](OC)(OC)OC)(OC)OC.CO[Si](CCCNCCC[Si](OC)(OC)OC)(OC)OC. The van der Waals surface area contributed by atoms with Gasteiger partial charge in [-0.1, -0.05) is 0 Å². The summed E-state index contributed by atoms with van der Waals surface area (Å²) in [5.41, 5.74) is 0. The summed E-state index contributed by atoms with van der Waals surface area (Å²) in [6, 6.07) is 3.21. The standard InChI is InChI=1S/2C12H31NO6Si2/c2*1-14-20(15-2,16-3)11-7-9-13-10-8-12-21(17-4,18-5)19-6/h2*13H,7-12H2,1-6H3. The van der Waals surface area contributed by atoms with Crippen LogP contribution in [0.25, 0.3) is 0 Å². The molecule has 0 aromatic heterocycles. The quantitative estimate of drug-likeness (QED) is 0.0923. The molecule has 0 rings (SSSR count). The van der Waals surface area contributed by atoms with Crippen LogP contribution in [0.3, 0.4) is 0 Å². The molecule has 0 bridgehead atoms. The van der Waals surface area contributed by atoms with Gasteiger partial charge in [0.2, 0.25) is 0 Å². The summed E-state index contributed by atoms with van der Waals surface area (Å²) in [6.07, 6.45) is 3.79. The Balaban J connectivity index is 0. The molecular formula is C24H62N2O12Si4. The van der Waals surface area contributed by atoms with E-state index in [0.29, 0.717) is 0 Å². The Morgan fingerprint density at radius 3 is 0.548 bits per heavy atom. The molecule has 0 aliphatic rings. The van der Waals surface area contributed by atoms with E-state index in [9.17, 15) is 0 Å². The third-order valence-corrected chi connectivity index (χ3v) is 18.4. The van der Waals surface area contributed by atoms with E-state index in [-0.39, 0.29) is 0 Å². The molecule has 0 aromatic rings. The lowest BCUT2D eigenvalue weighted by atomic mass is 10.4. The van der Waals surface area contributed by atoms with Crippen molar-refractivity contribution in [3.63, 3.8) is 0 Å². The first-order valence-electron chi connectivity index (χ1n) is 14.2. The van der Waals surface area contributed by atoms with Crippen molar-refractivity contribution in [2.24, 2.45) is 0 Å². The van der Waals surface area contributed by atoms with Crippen LogP contribution in [0.15, 0.2) is 0 Å². The first kappa shape index (κ1) is 44.4. The first-order chi connectivity index (χ1) is 20.1. The molecule has 14 nitrogen and oxygen atoms in total. The minimum Gasteiger partial charge on any atom is -0.377 e. The van der Waals surface area contributed by atoms with Crippen LogP contribution in [0.5, 0.6) is 0 Å². The van der Waals surface area contributed by atoms with Crippen LogP contribution < -0.4 is 10.6 Å². The molecule has 0 fully saturated rings. The summed E-state index contributed by atoms with van der Waals surface area (Å²) < 4.78 is 64.5. The molecule has 0 aliphatic heterocycles. The van der Waals surface area contributed by atoms with Crippen molar-refractivity contribution in [1.29, 1.82) is 0 Å². The first-order valence-corrected chi connectivity index (χ1v) is 21.9. The van der Waals surface area contributed by atoms with E-state index in [1.807, 2.05) is 0 Å². The lowest BCUT2D eigenvalue weighted by Crippen LogP contribution is -2.43. The van der Waals surface area contributed by atoms with Crippen LogP contribution >= 0.6 is 0 Å². The molecule has 0 radical (unpaired) electrons. The van der Waals surface area contributed by atoms with E-state index in [1.54, 1.807) is 85.3 Å². The van der Waals surface area contributed by atoms with Crippen LogP contribution in [-0.2, 0) is 53.1 Å². The Hall–Kier alpha value is 0.308. The molecular weight excluding hydrogens is 621 g/mol. The second kappa shape index (κ2) is 26.5. The highest BCUT2D eigenvalue weighted by Crippen LogP contribution is 2.17. The van der Waals surface area contributed by atoms with Crippen molar-refractivity contribution in [3.05, 3.63) is 0 Å². The topological polar surface area (TPSA) is 135 Å². The van der Waals surface area contributed by atoms with Gasteiger partial charge in [-0.15, -0.1) is 0 Å². The number of nitrogens with one attached hydrogen (secondary N) is 2. The van der Waals surface area contributed by atoms with Crippen molar-refractivity contribution in [2.75, 3.05) is 111 Å². The minimum atomic E-state index is -2.43. The van der Waals surface area contributed by atoms with Gasteiger partial charge < -0.3 is 63.7 Å². The third kappa shape index (κ3) is 17.1. The van der Waals surface area contributed by atoms with Gasteiger partial charge in [-0.2, -0.15) is 0 Å². The summed E-state index contributed by atoms with van der Waals surface area (Å²) in [7, 11) is 9.93. The smallest absolute Gasteiger partial charge is 0.377 e. The molecule has 0 unspecified atom stereocenters. The molecule has 0 saturated carbocycles. The van der Waals surface area contributed by atoms with Gasteiger partial charge in [-0.3, -0.25) is 0 Å². The normalized spacial score (nSPS) is 12.9. The zero-order valence-electron chi connectivity index (χ0n) is 28.4. The van der Waals surface area contributed by atoms with E-state index < -0.39 is 35.2 Å². The fraction of sp³-hybridized carbons (Fsp3) is 1.00. The summed E-state index contributed by atoms with van der Waals surface area (Å²) in [6.45, 7) is 3.58. The van der Waals surface area contributed by atoms with Gasteiger partial charge >= 0.3 is 35.2 Å². The van der Waals surface area contributed by atoms with Crippen LogP contribution in [0, 0.1) is 0 Å². The van der Waals surface area contributed by atoms with Crippen molar-refractivity contribution < 1.29 is 53.1 Å². The lowest BCUT2D eigenvalue weighted by Gasteiger charge is -2.25. The molecule has 256 valence electrons. The highest BCUT2D eigenvalue weighted by Gasteiger charge is 2.39. The van der Waals surface area contributed by atoms with E-state index in [2.05, 4.69) is 10.6 Å². The Kier molecular flexibility index (Phi) is 28.1. The van der Waals surface area contributed by atoms with Crippen molar-refractivity contribution in [1.82, 2.24) is 10.6 Å². The van der Waals surface area contributed by atoms with E-state index in [1.165, 1.54) is 0 Å². The fourth-order valence-corrected chi connectivity index (χ4v) is 11.1. The maximum absolute atomic E-state index is 5.37. The maximum Gasteiger partial charge on any atom is 0.500 e. The highest BCUT2D eigenvalue weighted by molar-refractivity contribution is 6.61. The van der Waals surface area contributed by atoms with Gasteiger partial charge in [0.05, 0.1) is 0 Å². The van der Waals surface area contributed by atoms with Gasteiger partial charge in [0.25, 0.3) is 0 Å². The van der Waals surface area contributed by atoms with E-state index in [0.717, 1.165) is 76.0 Å². The highest BCUT2D eigenvalue weighted by atomic mass is 28.4. The average molecular weight is 683 g/mol. The predicted octanol–water partition coefficient (Wildman–Crippen LogP) is 2.22.